The first kappa shape index (κ1) is 18.9. The number of pyridine rings is 1. The molecule has 5 aromatic rings. The number of rotatable bonds is 4. The highest BCUT2D eigenvalue weighted by Gasteiger charge is 2.27. The van der Waals surface area contributed by atoms with Gasteiger partial charge in [0.05, 0.1) is 12.4 Å². The van der Waals surface area contributed by atoms with Crippen molar-refractivity contribution in [3.05, 3.63) is 71.6 Å². The van der Waals surface area contributed by atoms with E-state index in [9.17, 15) is 4.39 Å². The number of nitrogens with zero attached hydrogens (tertiary/aromatic N) is 5. The van der Waals surface area contributed by atoms with Crippen LogP contribution >= 0.6 is 0 Å². The second-order valence-electron chi connectivity index (χ2n) is 8.63. The molecule has 8 heteroatoms. The molecule has 160 valence electrons. The Balaban J connectivity index is 1.41. The maximum Gasteiger partial charge on any atom is 0.228 e. The predicted molar refractivity (Wildman–Crippen MR) is 121 cm³/mol. The van der Waals surface area contributed by atoms with Gasteiger partial charge in [-0.25, -0.2) is 9.37 Å². The van der Waals surface area contributed by atoms with Crippen LogP contribution < -0.4 is 5.32 Å². The molecule has 1 aliphatic rings. The van der Waals surface area contributed by atoms with E-state index in [1.165, 1.54) is 34.4 Å². The highest BCUT2D eigenvalue weighted by molar-refractivity contribution is 5.85. The van der Waals surface area contributed by atoms with Crippen molar-refractivity contribution in [1.82, 2.24) is 29.5 Å². The fraction of sp³-hybridized carbons (Fsp3) is 0.250. The van der Waals surface area contributed by atoms with Gasteiger partial charge in [-0.05, 0) is 30.0 Å². The minimum atomic E-state index is -0.417. The molecule has 4 heterocycles. The highest BCUT2D eigenvalue weighted by Crippen LogP contribution is 2.32. The van der Waals surface area contributed by atoms with E-state index in [2.05, 4.69) is 52.4 Å². The van der Waals surface area contributed by atoms with Crippen molar-refractivity contribution in [3.63, 3.8) is 0 Å². The van der Waals surface area contributed by atoms with E-state index in [0.29, 0.717) is 17.3 Å². The summed E-state index contributed by atoms with van der Waals surface area (Å²) in [6.45, 7) is 4.20. The van der Waals surface area contributed by atoms with Crippen molar-refractivity contribution in [1.29, 1.82) is 0 Å². The number of anilines is 1. The SMILES string of the molecule is CC(C)c1cnn2c(N[C@@H]3Cc4[nH]c5ccccc5c4C3)nc(-c3cncc(F)c3)nc12. The van der Waals surface area contributed by atoms with Crippen molar-refractivity contribution in [2.75, 3.05) is 5.32 Å². The molecule has 1 atom stereocenters. The lowest BCUT2D eigenvalue weighted by Gasteiger charge is -2.15. The summed E-state index contributed by atoms with van der Waals surface area (Å²) < 4.78 is 15.6. The molecule has 0 saturated carbocycles. The normalized spacial score (nSPS) is 15.7. The summed E-state index contributed by atoms with van der Waals surface area (Å²) in [5.74, 6) is 0.850. The standard InChI is InChI=1S/C24H22FN7/c1-13(2)19-12-27-32-23(19)30-22(14-7-15(25)11-26-10-14)31-24(32)28-16-8-18-17-5-3-4-6-20(17)29-21(18)9-16/h3-7,10-13,16,29H,8-9H2,1-2H3,(H,28,30,31)/t16-/m0/s1. The summed E-state index contributed by atoms with van der Waals surface area (Å²) >= 11 is 0. The maximum absolute atomic E-state index is 13.8. The van der Waals surface area contributed by atoms with Gasteiger partial charge in [-0.2, -0.15) is 14.6 Å². The van der Waals surface area contributed by atoms with E-state index in [-0.39, 0.29) is 12.0 Å². The van der Waals surface area contributed by atoms with Crippen LogP contribution in [-0.4, -0.2) is 35.6 Å². The molecule has 0 aliphatic heterocycles. The van der Waals surface area contributed by atoms with E-state index in [1.807, 2.05) is 12.3 Å². The summed E-state index contributed by atoms with van der Waals surface area (Å²) in [6, 6.07) is 9.97. The lowest BCUT2D eigenvalue weighted by atomic mass is 10.1. The van der Waals surface area contributed by atoms with Crippen molar-refractivity contribution < 1.29 is 4.39 Å². The van der Waals surface area contributed by atoms with Gasteiger partial charge in [-0.1, -0.05) is 32.0 Å². The Kier molecular flexibility index (Phi) is 4.21. The smallest absolute Gasteiger partial charge is 0.228 e. The van der Waals surface area contributed by atoms with E-state index >= 15 is 0 Å². The number of aromatic nitrogens is 6. The Morgan fingerprint density at radius 1 is 1.12 bits per heavy atom. The lowest BCUT2D eigenvalue weighted by Crippen LogP contribution is -2.23. The van der Waals surface area contributed by atoms with Gasteiger partial charge in [-0.3, -0.25) is 4.98 Å². The Hall–Kier alpha value is -3.81. The topological polar surface area (TPSA) is 83.8 Å². The van der Waals surface area contributed by atoms with Crippen molar-refractivity contribution in [2.24, 2.45) is 0 Å². The number of aromatic amines is 1. The third-order valence-electron chi connectivity index (χ3n) is 6.12. The third kappa shape index (κ3) is 3.02. The molecule has 1 aromatic carbocycles. The molecule has 6 rings (SSSR count). The monoisotopic (exact) mass is 427 g/mol. The van der Waals surface area contributed by atoms with Gasteiger partial charge in [0.25, 0.3) is 0 Å². The van der Waals surface area contributed by atoms with E-state index in [1.54, 1.807) is 10.7 Å². The largest absolute Gasteiger partial charge is 0.358 e. The van der Waals surface area contributed by atoms with E-state index < -0.39 is 5.82 Å². The first-order valence-electron chi connectivity index (χ1n) is 10.8. The maximum atomic E-state index is 13.8. The van der Waals surface area contributed by atoms with Crippen LogP contribution in [0.3, 0.4) is 0 Å². The summed E-state index contributed by atoms with van der Waals surface area (Å²) in [4.78, 5) is 16.9. The van der Waals surface area contributed by atoms with Crippen LogP contribution in [0.5, 0.6) is 0 Å². The molecule has 32 heavy (non-hydrogen) atoms. The van der Waals surface area contributed by atoms with Crippen molar-refractivity contribution >= 4 is 22.5 Å². The van der Waals surface area contributed by atoms with Gasteiger partial charge in [0.1, 0.15) is 5.82 Å². The Labute approximate surface area is 183 Å². The highest BCUT2D eigenvalue weighted by atomic mass is 19.1. The van der Waals surface area contributed by atoms with Gasteiger partial charge in [0.15, 0.2) is 11.5 Å². The summed E-state index contributed by atoms with van der Waals surface area (Å²) in [6.07, 6.45) is 6.34. The number of fused-ring (bicyclic) bond motifs is 4. The molecule has 1 aliphatic carbocycles. The number of H-pyrrole nitrogens is 1. The third-order valence-corrected chi connectivity index (χ3v) is 6.12. The van der Waals surface area contributed by atoms with Gasteiger partial charge in [0.2, 0.25) is 5.95 Å². The second kappa shape index (κ2) is 7.12. The zero-order valence-corrected chi connectivity index (χ0v) is 17.8. The molecule has 4 aromatic heterocycles. The Morgan fingerprint density at radius 3 is 2.84 bits per heavy atom. The minimum Gasteiger partial charge on any atom is -0.358 e. The van der Waals surface area contributed by atoms with Gasteiger partial charge < -0.3 is 10.3 Å². The lowest BCUT2D eigenvalue weighted by molar-refractivity contribution is 0.621. The van der Waals surface area contributed by atoms with Crippen LogP contribution in [-0.2, 0) is 12.8 Å². The minimum absolute atomic E-state index is 0.171. The first-order chi connectivity index (χ1) is 15.6. The number of hydrogen-bond acceptors (Lipinski definition) is 5. The average Bonchev–Trinajstić information content (AvgIpc) is 3.46. The van der Waals surface area contributed by atoms with Crippen LogP contribution in [0.1, 0.15) is 36.6 Å². The number of hydrogen-bond donors (Lipinski definition) is 2. The molecule has 0 fully saturated rings. The fourth-order valence-corrected chi connectivity index (χ4v) is 4.57. The summed E-state index contributed by atoms with van der Waals surface area (Å²) in [5.41, 5.74) is 6.06. The Bertz CT molecular complexity index is 1470. The average molecular weight is 427 g/mol. The summed E-state index contributed by atoms with van der Waals surface area (Å²) in [5, 5.41) is 9.40. The van der Waals surface area contributed by atoms with Crippen LogP contribution in [0.25, 0.3) is 27.9 Å². The van der Waals surface area contributed by atoms with E-state index in [0.717, 1.165) is 24.1 Å². The second-order valence-corrected chi connectivity index (χ2v) is 8.63. The molecule has 7 nitrogen and oxygen atoms in total. The zero-order valence-electron chi connectivity index (χ0n) is 17.8. The molecule has 0 radical (unpaired) electrons. The van der Waals surface area contributed by atoms with Crippen LogP contribution in [0, 0.1) is 5.82 Å². The number of para-hydroxylation sites is 1. The number of halogens is 1. The molecular weight excluding hydrogens is 405 g/mol. The summed E-state index contributed by atoms with van der Waals surface area (Å²) in [7, 11) is 0. The molecule has 0 unspecified atom stereocenters. The molecule has 2 N–H and O–H groups in total. The number of nitrogens with one attached hydrogen (secondary N) is 2. The predicted octanol–water partition coefficient (Wildman–Crippen LogP) is 4.51. The fourth-order valence-electron chi connectivity index (χ4n) is 4.57. The van der Waals surface area contributed by atoms with Crippen LogP contribution in [0.4, 0.5) is 10.3 Å². The first-order valence-corrected chi connectivity index (χ1v) is 10.8. The molecular formula is C24H22FN7. The Morgan fingerprint density at radius 2 is 2.00 bits per heavy atom. The van der Waals surface area contributed by atoms with Crippen LogP contribution in [0.2, 0.25) is 0 Å². The zero-order chi connectivity index (χ0) is 21.8. The van der Waals surface area contributed by atoms with Gasteiger partial charge in [0, 0.05) is 46.4 Å². The van der Waals surface area contributed by atoms with Gasteiger partial charge >= 0.3 is 0 Å². The van der Waals surface area contributed by atoms with E-state index in [4.69, 9.17) is 9.97 Å². The van der Waals surface area contributed by atoms with Crippen molar-refractivity contribution in [2.45, 2.75) is 38.6 Å². The number of benzene rings is 1. The van der Waals surface area contributed by atoms with Crippen LogP contribution in [0.15, 0.2) is 48.9 Å². The van der Waals surface area contributed by atoms with Gasteiger partial charge in [-0.15, -0.1) is 0 Å². The quantitative estimate of drug-likeness (QED) is 0.441. The molecule has 0 spiro atoms. The molecule has 0 bridgehead atoms. The molecule has 0 saturated heterocycles. The molecule has 0 amide bonds. The van der Waals surface area contributed by atoms with Crippen molar-refractivity contribution in [3.8, 4) is 11.4 Å².